The second-order valence-electron chi connectivity index (χ2n) is 5.58. The van der Waals surface area contributed by atoms with Crippen LogP contribution in [-0.4, -0.2) is 15.3 Å². The third-order valence-corrected chi connectivity index (χ3v) is 4.50. The zero-order chi connectivity index (χ0) is 18.7. The smallest absolute Gasteiger partial charge is 0.367 e. The van der Waals surface area contributed by atoms with Gasteiger partial charge < -0.3 is 4.74 Å². The molecule has 1 aliphatic heterocycles. The normalized spacial score (nSPS) is 14.7. The largest absolute Gasteiger partial charge is 0.488 e. The summed E-state index contributed by atoms with van der Waals surface area (Å²) in [6.45, 7) is 0.0980. The Morgan fingerprint density at radius 1 is 1.12 bits per heavy atom. The van der Waals surface area contributed by atoms with Crippen molar-refractivity contribution in [1.82, 2.24) is 0 Å². The Morgan fingerprint density at radius 3 is 2.62 bits per heavy atom. The van der Waals surface area contributed by atoms with Gasteiger partial charge in [-0.1, -0.05) is 12.0 Å². The monoisotopic (exact) mass is 373 g/mol. The van der Waals surface area contributed by atoms with Gasteiger partial charge in [0.05, 0.1) is 6.07 Å². The Balaban J connectivity index is 2.03. The van der Waals surface area contributed by atoms with Gasteiger partial charge in [0, 0.05) is 28.8 Å². The first-order valence-corrected chi connectivity index (χ1v) is 9.00. The van der Waals surface area contributed by atoms with Crippen LogP contribution in [0.2, 0.25) is 0 Å². The van der Waals surface area contributed by atoms with Crippen molar-refractivity contribution in [2.45, 2.75) is 12.4 Å². The fourth-order valence-corrected chi connectivity index (χ4v) is 3.15. The second kappa shape index (κ2) is 7.07. The molecule has 7 heteroatoms. The van der Waals surface area contributed by atoms with Gasteiger partial charge in [-0.25, -0.2) is 4.39 Å². The van der Waals surface area contributed by atoms with Gasteiger partial charge in [0.2, 0.25) is 9.52 Å². The molecule has 0 N–H and O–H groups in total. The van der Waals surface area contributed by atoms with Crippen molar-refractivity contribution < 1.29 is 22.3 Å². The lowest BCUT2D eigenvalue weighted by Crippen LogP contribution is -2.16. The molecule has 0 fully saturated rings. The molecule has 0 unspecified atom stereocenters. The van der Waals surface area contributed by atoms with Crippen molar-refractivity contribution in [3.05, 3.63) is 70.5 Å². The Hall–Kier alpha value is -3.03. The van der Waals surface area contributed by atoms with E-state index in [0.29, 0.717) is 33.6 Å². The minimum Gasteiger partial charge on any atom is -0.488 e. The molecule has 2 nitrogen and oxygen atoms in total. The van der Waals surface area contributed by atoms with Crippen molar-refractivity contribution in [1.29, 1.82) is 5.26 Å². The zero-order valence-corrected chi connectivity index (χ0v) is 14.7. The van der Waals surface area contributed by atoms with Gasteiger partial charge in [-0.15, -0.1) is 5.54 Å². The van der Waals surface area contributed by atoms with Crippen LogP contribution in [0.1, 0.15) is 22.3 Å². The third-order valence-electron chi connectivity index (χ3n) is 3.74. The van der Waals surface area contributed by atoms with Crippen LogP contribution >= 0.6 is 0 Å². The molecule has 0 aromatic heterocycles. The van der Waals surface area contributed by atoms with Crippen LogP contribution in [0.3, 0.4) is 0 Å². The number of hydrogen-bond donors (Lipinski definition) is 0. The van der Waals surface area contributed by atoms with Crippen LogP contribution in [0.4, 0.5) is 17.6 Å². The van der Waals surface area contributed by atoms with Gasteiger partial charge in [-0.05, 0) is 35.4 Å². The van der Waals surface area contributed by atoms with Gasteiger partial charge in [0.15, 0.2) is 0 Å². The van der Waals surface area contributed by atoms with Crippen molar-refractivity contribution in [2.24, 2.45) is 0 Å². The summed E-state index contributed by atoms with van der Waals surface area (Å²) in [5.41, 5.74) is 5.20. The van der Waals surface area contributed by atoms with Crippen LogP contribution in [-0.2, 0) is 6.61 Å². The molecule has 0 spiro atoms. The molecular weight excluding hydrogens is 362 g/mol. The average Bonchev–Trinajstić information content (AvgIpc) is 2.71. The van der Waals surface area contributed by atoms with E-state index >= 15 is 0 Å². The lowest BCUT2D eigenvalue weighted by molar-refractivity contribution is -0.0454. The van der Waals surface area contributed by atoms with Crippen LogP contribution in [0, 0.1) is 28.6 Å². The molecule has 3 rings (SSSR count). The Morgan fingerprint density at radius 2 is 1.88 bits per heavy atom. The van der Waals surface area contributed by atoms with Crippen LogP contribution < -0.4 is 4.74 Å². The molecule has 0 saturated carbocycles. The number of hydrogen-bond acceptors (Lipinski definition) is 2. The number of fused-ring (bicyclic) bond motifs is 2. The zero-order valence-electron chi connectivity index (χ0n) is 13.3. The summed E-state index contributed by atoms with van der Waals surface area (Å²) in [6, 6.07) is 11.0. The maximum atomic E-state index is 13.5. The number of nitriles is 1. The molecule has 0 radical (unpaired) electrons. The molecule has 0 bridgehead atoms. The maximum absolute atomic E-state index is 13.5. The molecule has 130 valence electrons. The highest BCUT2D eigenvalue weighted by Crippen LogP contribution is 2.37. The van der Waals surface area contributed by atoms with E-state index in [1.54, 1.807) is 18.2 Å². The summed E-state index contributed by atoms with van der Waals surface area (Å²) in [4.78, 5) is 0. The summed E-state index contributed by atoms with van der Waals surface area (Å²) in [7, 11) is -2.47. The molecule has 0 atom stereocenters. The number of alkyl halides is 3. The van der Waals surface area contributed by atoms with E-state index in [0.717, 1.165) is 0 Å². The number of benzene rings is 2. The highest BCUT2D eigenvalue weighted by atomic mass is 28.2. The third kappa shape index (κ3) is 3.96. The topological polar surface area (TPSA) is 33.0 Å². The Kier molecular flexibility index (Phi) is 4.83. The SMILES string of the molecule is N#CC=C1c2ccc(C#C[SiH2]C(F)(F)F)cc2COc2cc(F)ccc21. The van der Waals surface area contributed by atoms with Crippen molar-refractivity contribution in [3.8, 4) is 23.3 Å². The molecule has 2 aromatic rings. The number of allylic oxidation sites excluding steroid dienone is 1. The first-order chi connectivity index (χ1) is 12.4. The average molecular weight is 373 g/mol. The summed E-state index contributed by atoms with van der Waals surface area (Å²) in [5, 5.41) is 9.10. The molecule has 1 heterocycles. The van der Waals surface area contributed by atoms with Gasteiger partial charge in [-0.3, -0.25) is 0 Å². The molecule has 26 heavy (non-hydrogen) atoms. The van der Waals surface area contributed by atoms with Crippen LogP contribution in [0.25, 0.3) is 5.57 Å². The minimum absolute atomic E-state index is 0.0980. The summed E-state index contributed by atoms with van der Waals surface area (Å²) in [6.07, 6.45) is 1.34. The number of rotatable bonds is 0. The molecule has 0 aliphatic carbocycles. The number of nitrogens with zero attached hydrogens (tertiary/aromatic N) is 1. The fraction of sp³-hybridized carbons (Fsp3) is 0.105. The minimum atomic E-state index is -4.20. The summed E-state index contributed by atoms with van der Waals surface area (Å²) >= 11 is 0. The van der Waals surface area contributed by atoms with Crippen molar-refractivity contribution in [3.63, 3.8) is 0 Å². The van der Waals surface area contributed by atoms with Gasteiger partial charge in [0.25, 0.3) is 0 Å². The highest BCUT2D eigenvalue weighted by molar-refractivity contribution is 6.48. The Bertz CT molecular complexity index is 993. The molecular formula is C19H11F4NOSi. The number of halogens is 4. The van der Waals surface area contributed by atoms with E-state index in [-0.39, 0.29) is 6.61 Å². The predicted octanol–water partition coefficient (Wildman–Crippen LogP) is 3.67. The van der Waals surface area contributed by atoms with E-state index in [4.69, 9.17) is 10.00 Å². The number of ether oxygens (including phenoxy) is 1. The highest BCUT2D eigenvalue weighted by Gasteiger charge is 2.25. The Labute approximate surface area is 149 Å². The molecule has 2 aromatic carbocycles. The molecule has 0 saturated heterocycles. The fourth-order valence-electron chi connectivity index (χ4n) is 2.66. The quantitative estimate of drug-likeness (QED) is 0.306. The lowest BCUT2D eigenvalue weighted by atomic mass is 9.93. The van der Waals surface area contributed by atoms with Gasteiger partial charge >= 0.3 is 5.80 Å². The van der Waals surface area contributed by atoms with Crippen LogP contribution in [0.5, 0.6) is 5.75 Å². The van der Waals surface area contributed by atoms with Crippen LogP contribution in [0.15, 0.2) is 42.5 Å². The predicted molar refractivity (Wildman–Crippen MR) is 91.3 cm³/mol. The lowest BCUT2D eigenvalue weighted by Gasteiger charge is -2.09. The maximum Gasteiger partial charge on any atom is 0.367 e. The first-order valence-electron chi connectivity index (χ1n) is 7.59. The van der Waals surface area contributed by atoms with Gasteiger partial charge in [-0.2, -0.15) is 18.4 Å². The standard InChI is InChI=1S/C19H11F4NOSi/c20-14-2-4-17-16(5-7-24)15-3-1-12(6-8-26-19(21,22)23)9-13(15)11-25-18(17)10-14/h1-5,9-10H,11,26H2. The second-order valence-corrected chi connectivity index (χ2v) is 7.09. The van der Waals surface area contributed by atoms with E-state index in [2.05, 4.69) is 11.5 Å². The van der Waals surface area contributed by atoms with E-state index in [9.17, 15) is 17.6 Å². The van der Waals surface area contributed by atoms with Gasteiger partial charge in [0.1, 0.15) is 18.2 Å². The molecule has 1 aliphatic rings. The summed E-state index contributed by atoms with van der Waals surface area (Å²) in [5.74, 6) is -1.82. The van der Waals surface area contributed by atoms with Crippen molar-refractivity contribution >= 4 is 15.1 Å². The molecule has 0 amide bonds. The first kappa shape index (κ1) is 17.8. The summed E-state index contributed by atoms with van der Waals surface area (Å²) < 4.78 is 56.0. The van der Waals surface area contributed by atoms with E-state index < -0.39 is 21.1 Å². The van der Waals surface area contributed by atoms with E-state index in [1.807, 2.05) is 6.07 Å². The van der Waals surface area contributed by atoms with E-state index in [1.165, 1.54) is 24.3 Å². The van der Waals surface area contributed by atoms with Crippen molar-refractivity contribution in [2.75, 3.05) is 0 Å².